The van der Waals surface area contributed by atoms with E-state index in [0.717, 1.165) is 57.8 Å². The first-order valence-corrected chi connectivity index (χ1v) is 34.7. The molecular weight excluding hydrogens is 937 g/mol. The lowest BCUT2D eigenvalue weighted by atomic mass is 10.0. The summed E-state index contributed by atoms with van der Waals surface area (Å²) in [6.07, 6.45) is 78.2. The van der Waals surface area contributed by atoms with E-state index in [1.54, 1.807) is 0 Å². The van der Waals surface area contributed by atoms with Gasteiger partial charge in [-0.15, -0.1) is 0 Å². The third kappa shape index (κ3) is 63.0. The number of rotatable bonds is 65. The van der Waals surface area contributed by atoms with Gasteiger partial charge in [-0.05, 0) is 44.9 Å². The zero-order valence-electron chi connectivity index (χ0n) is 51.8. The highest BCUT2D eigenvalue weighted by atomic mass is 16.6. The van der Waals surface area contributed by atoms with Crippen molar-refractivity contribution in [3.05, 3.63) is 12.2 Å². The maximum atomic E-state index is 12.9. The van der Waals surface area contributed by atoms with Gasteiger partial charge in [-0.2, -0.15) is 0 Å². The van der Waals surface area contributed by atoms with E-state index in [0.29, 0.717) is 19.3 Å². The minimum Gasteiger partial charge on any atom is -0.462 e. The van der Waals surface area contributed by atoms with Crippen molar-refractivity contribution in [3.63, 3.8) is 0 Å². The first-order chi connectivity index (χ1) is 37.5. The molecule has 450 valence electrons. The van der Waals surface area contributed by atoms with Crippen LogP contribution in [0, 0.1) is 0 Å². The van der Waals surface area contributed by atoms with Crippen molar-refractivity contribution in [2.24, 2.45) is 0 Å². The summed E-state index contributed by atoms with van der Waals surface area (Å²) in [7, 11) is 0. The van der Waals surface area contributed by atoms with Crippen LogP contribution in [0.1, 0.15) is 400 Å². The van der Waals surface area contributed by atoms with Crippen LogP contribution in [-0.2, 0) is 28.6 Å². The number of hydrogen-bond donors (Lipinski definition) is 0. The van der Waals surface area contributed by atoms with Gasteiger partial charge in [-0.25, -0.2) is 0 Å². The molecule has 0 radical (unpaired) electrons. The lowest BCUT2D eigenvalue weighted by Gasteiger charge is -2.18. The van der Waals surface area contributed by atoms with Crippen LogP contribution in [0.15, 0.2) is 12.2 Å². The summed E-state index contributed by atoms with van der Waals surface area (Å²) >= 11 is 0. The number of allylic oxidation sites excluding steroid dienone is 2. The van der Waals surface area contributed by atoms with Crippen LogP contribution in [0.3, 0.4) is 0 Å². The zero-order chi connectivity index (χ0) is 55.0. The summed E-state index contributed by atoms with van der Waals surface area (Å²) in [5.74, 6) is -0.836. The van der Waals surface area contributed by atoms with Gasteiger partial charge in [-0.1, -0.05) is 348 Å². The molecule has 6 heteroatoms. The van der Waals surface area contributed by atoms with Crippen LogP contribution < -0.4 is 0 Å². The summed E-state index contributed by atoms with van der Waals surface area (Å²) in [5, 5.41) is 0. The Morgan fingerprint density at radius 2 is 0.434 bits per heavy atom. The van der Waals surface area contributed by atoms with E-state index in [9.17, 15) is 14.4 Å². The lowest BCUT2D eigenvalue weighted by molar-refractivity contribution is -0.167. The Kier molecular flexibility index (Phi) is 64.1. The van der Waals surface area contributed by atoms with E-state index in [1.807, 2.05) is 0 Å². The van der Waals surface area contributed by atoms with E-state index < -0.39 is 6.10 Å². The SMILES string of the molecule is CCCCCCCCCC/C=C\CCCCCCCCCCCC(=O)OC(COC(=O)CCCCCCCCCCCC)COC(=O)CCCCCCCCCCCCCCCCCCCCCCCCCCCCC. The lowest BCUT2D eigenvalue weighted by Crippen LogP contribution is -2.30. The van der Waals surface area contributed by atoms with E-state index >= 15 is 0 Å². The highest BCUT2D eigenvalue weighted by molar-refractivity contribution is 5.71. The molecule has 0 saturated carbocycles. The second-order valence-electron chi connectivity index (χ2n) is 23.8. The molecule has 76 heavy (non-hydrogen) atoms. The largest absolute Gasteiger partial charge is 0.462 e. The van der Waals surface area contributed by atoms with Crippen molar-refractivity contribution in [2.75, 3.05) is 13.2 Å². The Hall–Kier alpha value is -1.85. The normalized spacial score (nSPS) is 12.0. The molecule has 0 N–H and O–H groups in total. The summed E-state index contributed by atoms with van der Waals surface area (Å²) in [5.41, 5.74) is 0. The second-order valence-corrected chi connectivity index (χ2v) is 23.8. The summed E-state index contributed by atoms with van der Waals surface area (Å²) in [4.78, 5) is 38.3. The Balaban J connectivity index is 4.12. The number of unbranched alkanes of at least 4 members (excludes halogenated alkanes) is 52. The minimum atomic E-state index is -0.766. The molecule has 1 unspecified atom stereocenters. The Morgan fingerprint density at radius 3 is 0.658 bits per heavy atom. The molecule has 0 heterocycles. The number of esters is 3. The average molecular weight is 1070 g/mol. The first kappa shape index (κ1) is 74.2. The standard InChI is InChI=1S/C70H134O6/c1-4-7-10-13-16-19-22-24-26-28-30-32-33-34-35-36-37-39-40-42-44-46-48-51-54-57-60-63-69(72)75-66-67(65-74-68(71)62-59-56-53-50-21-18-15-12-9-6-3)76-70(73)64-61-58-55-52-49-47-45-43-41-38-31-29-27-25-23-20-17-14-11-8-5-2/h29,31,67H,4-28,30,32-66H2,1-3H3/b31-29-. The van der Waals surface area contributed by atoms with Crippen molar-refractivity contribution in [1.82, 2.24) is 0 Å². The van der Waals surface area contributed by atoms with Gasteiger partial charge in [0, 0.05) is 19.3 Å². The topological polar surface area (TPSA) is 78.9 Å². The monoisotopic (exact) mass is 1070 g/mol. The Labute approximate surface area is 475 Å². The van der Waals surface area contributed by atoms with Gasteiger partial charge in [0.1, 0.15) is 13.2 Å². The highest BCUT2D eigenvalue weighted by Gasteiger charge is 2.19. The van der Waals surface area contributed by atoms with E-state index in [2.05, 4.69) is 32.9 Å². The molecule has 0 aliphatic carbocycles. The maximum Gasteiger partial charge on any atom is 0.306 e. The van der Waals surface area contributed by atoms with Crippen LogP contribution in [0.2, 0.25) is 0 Å². The maximum absolute atomic E-state index is 12.9. The molecule has 0 aromatic heterocycles. The molecule has 0 fully saturated rings. The number of carbonyl (C=O) groups is 3. The van der Waals surface area contributed by atoms with Crippen LogP contribution in [0.4, 0.5) is 0 Å². The molecule has 0 spiro atoms. The van der Waals surface area contributed by atoms with Crippen molar-refractivity contribution in [1.29, 1.82) is 0 Å². The third-order valence-corrected chi connectivity index (χ3v) is 16.0. The van der Waals surface area contributed by atoms with Gasteiger partial charge in [-0.3, -0.25) is 14.4 Å². The quantitative estimate of drug-likeness (QED) is 0.0261. The minimum absolute atomic E-state index is 0.0643. The molecule has 1 atom stereocenters. The first-order valence-electron chi connectivity index (χ1n) is 34.7. The third-order valence-electron chi connectivity index (χ3n) is 16.0. The van der Waals surface area contributed by atoms with E-state index in [4.69, 9.17) is 14.2 Å². The Bertz CT molecular complexity index is 1180. The van der Waals surface area contributed by atoms with Crippen LogP contribution in [0.25, 0.3) is 0 Å². The van der Waals surface area contributed by atoms with E-state index in [-0.39, 0.29) is 31.1 Å². The molecule has 0 bridgehead atoms. The number of ether oxygens (including phenoxy) is 3. The summed E-state index contributed by atoms with van der Waals surface area (Å²) < 4.78 is 16.9. The van der Waals surface area contributed by atoms with Gasteiger partial charge in [0.15, 0.2) is 6.10 Å². The van der Waals surface area contributed by atoms with Crippen LogP contribution in [-0.4, -0.2) is 37.2 Å². The van der Waals surface area contributed by atoms with Crippen LogP contribution >= 0.6 is 0 Å². The molecule has 0 aliphatic rings. The fourth-order valence-electron chi connectivity index (χ4n) is 10.8. The predicted molar refractivity (Wildman–Crippen MR) is 330 cm³/mol. The molecule has 0 amide bonds. The number of carbonyl (C=O) groups excluding carboxylic acids is 3. The molecule has 6 nitrogen and oxygen atoms in total. The van der Waals surface area contributed by atoms with Gasteiger partial charge < -0.3 is 14.2 Å². The van der Waals surface area contributed by atoms with Gasteiger partial charge in [0.25, 0.3) is 0 Å². The molecule has 0 aromatic carbocycles. The van der Waals surface area contributed by atoms with Crippen LogP contribution in [0.5, 0.6) is 0 Å². The van der Waals surface area contributed by atoms with Crippen molar-refractivity contribution in [3.8, 4) is 0 Å². The molecule has 0 saturated heterocycles. The number of hydrogen-bond acceptors (Lipinski definition) is 6. The highest BCUT2D eigenvalue weighted by Crippen LogP contribution is 2.19. The molecule has 0 aromatic rings. The van der Waals surface area contributed by atoms with Gasteiger partial charge in [0.05, 0.1) is 0 Å². The van der Waals surface area contributed by atoms with E-state index in [1.165, 1.54) is 302 Å². The van der Waals surface area contributed by atoms with Crippen molar-refractivity contribution >= 4 is 17.9 Å². The van der Waals surface area contributed by atoms with Crippen molar-refractivity contribution in [2.45, 2.75) is 406 Å². The average Bonchev–Trinajstić information content (AvgIpc) is 3.42. The fraction of sp³-hybridized carbons (Fsp3) is 0.929. The fourth-order valence-corrected chi connectivity index (χ4v) is 10.8. The Morgan fingerprint density at radius 1 is 0.250 bits per heavy atom. The smallest absolute Gasteiger partial charge is 0.306 e. The molecule has 0 aliphatic heterocycles. The summed E-state index contributed by atoms with van der Waals surface area (Å²) in [6.45, 7) is 6.71. The zero-order valence-corrected chi connectivity index (χ0v) is 51.8. The van der Waals surface area contributed by atoms with Gasteiger partial charge >= 0.3 is 17.9 Å². The molecular formula is C70H134O6. The summed E-state index contributed by atoms with van der Waals surface area (Å²) in [6, 6.07) is 0. The predicted octanol–water partition coefficient (Wildman–Crippen LogP) is 23.6. The molecule has 0 rings (SSSR count). The second kappa shape index (κ2) is 65.7. The van der Waals surface area contributed by atoms with Crippen molar-refractivity contribution < 1.29 is 28.6 Å². The van der Waals surface area contributed by atoms with Gasteiger partial charge in [0.2, 0.25) is 0 Å².